The number of benzene rings is 2. The van der Waals surface area contributed by atoms with Gasteiger partial charge in [0.2, 0.25) is 0 Å². The van der Waals surface area contributed by atoms with E-state index in [4.69, 9.17) is 32.9 Å². The predicted molar refractivity (Wildman–Crippen MR) is 146 cm³/mol. The SMILES string of the molecule is CCc1[nH]n(-c2c(Cl)cc(C(=O)Nc3cccnc3)cc2Cl)c2nc(Cc3cccc(OC)c3)nc(=O)c1-2. The smallest absolute Gasteiger partial charge is 0.284 e. The van der Waals surface area contributed by atoms with Crippen LogP contribution in [0.4, 0.5) is 5.69 Å². The highest BCUT2D eigenvalue weighted by atomic mass is 35.5. The number of carbonyl (C=O) groups is 1. The second kappa shape index (κ2) is 10.6. The Balaban J connectivity index is 1.56. The van der Waals surface area contributed by atoms with E-state index in [1.54, 1.807) is 30.1 Å². The number of fused-ring (bicyclic) bond motifs is 1. The summed E-state index contributed by atoms with van der Waals surface area (Å²) in [7, 11) is 1.59. The largest absolute Gasteiger partial charge is 0.497 e. The van der Waals surface area contributed by atoms with E-state index in [9.17, 15) is 9.59 Å². The van der Waals surface area contributed by atoms with Crippen molar-refractivity contribution < 1.29 is 9.53 Å². The summed E-state index contributed by atoms with van der Waals surface area (Å²) in [4.78, 5) is 38.8. The molecule has 38 heavy (non-hydrogen) atoms. The monoisotopic (exact) mass is 548 g/mol. The van der Waals surface area contributed by atoms with Crippen molar-refractivity contribution >= 4 is 34.8 Å². The van der Waals surface area contributed by atoms with Crippen molar-refractivity contribution in [3.8, 4) is 22.8 Å². The first-order valence-corrected chi connectivity index (χ1v) is 12.5. The molecule has 2 aliphatic rings. The number of carbonyl (C=O) groups excluding carboxylic acids is 1. The number of hydrogen-bond acceptors (Lipinski definition) is 6. The Hall–Kier alpha value is -4.21. The van der Waals surface area contributed by atoms with Gasteiger partial charge in [-0.05, 0) is 48.4 Å². The van der Waals surface area contributed by atoms with Gasteiger partial charge in [0, 0.05) is 23.9 Å². The van der Waals surface area contributed by atoms with Crippen LogP contribution in [0.25, 0.3) is 17.1 Å². The van der Waals surface area contributed by atoms with E-state index in [-0.39, 0.29) is 15.6 Å². The molecule has 192 valence electrons. The number of nitrogens with one attached hydrogen (secondary N) is 2. The Morgan fingerprint density at radius 1 is 1.11 bits per heavy atom. The highest BCUT2D eigenvalue weighted by Crippen LogP contribution is 2.34. The fraction of sp³-hybridized carbons (Fsp3) is 0.148. The first-order chi connectivity index (χ1) is 18.4. The van der Waals surface area contributed by atoms with Gasteiger partial charge in [0.25, 0.3) is 11.5 Å². The molecular formula is C27H22Cl2N6O3. The summed E-state index contributed by atoms with van der Waals surface area (Å²) in [5.41, 5.74) is 2.64. The number of aromatic nitrogens is 5. The number of ether oxygens (including phenoxy) is 1. The van der Waals surface area contributed by atoms with Gasteiger partial charge in [0.1, 0.15) is 22.8 Å². The summed E-state index contributed by atoms with van der Waals surface area (Å²) in [5.74, 6) is 0.984. The van der Waals surface area contributed by atoms with Crippen LogP contribution in [-0.4, -0.2) is 37.7 Å². The average molecular weight is 549 g/mol. The summed E-state index contributed by atoms with van der Waals surface area (Å²) in [6.07, 6.45) is 3.99. The number of anilines is 1. The van der Waals surface area contributed by atoms with E-state index >= 15 is 0 Å². The first kappa shape index (κ1) is 25.4. The van der Waals surface area contributed by atoms with Gasteiger partial charge in [-0.2, -0.15) is 4.98 Å². The Labute approximate surface area is 227 Å². The second-order valence-electron chi connectivity index (χ2n) is 8.44. The number of nitrogens with zero attached hydrogens (tertiary/aromatic N) is 4. The normalized spacial score (nSPS) is 11.1. The minimum atomic E-state index is -0.403. The molecule has 0 atom stereocenters. The minimum absolute atomic E-state index is 0.199. The van der Waals surface area contributed by atoms with Gasteiger partial charge >= 0.3 is 0 Å². The highest BCUT2D eigenvalue weighted by molar-refractivity contribution is 6.38. The lowest BCUT2D eigenvalue weighted by molar-refractivity contribution is 0.102. The first-order valence-electron chi connectivity index (χ1n) is 11.7. The number of aromatic amines is 1. The van der Waals surface area contributed by atoms with Gasteiger partial charge < -0.3 is 10.1 Å². The molecule has 0 bridgehead atoms. The fourth-order valence-electron chi connectivity index (χ4n) is 4.15. The number of halogens is 2. The molecule has 0 saturated heterocycles. The van der Waals surface area contributed by atoms with Crippen LogP contribution in [0.5, 0.6) is 5.75 Å². The Bertz CT molecular complexity index is 1640. The van der Waals surface area contributed by atoms with Gasteiger partial charge in [0.15, 0.2) is 5.82 Å². The standard InChI is InChI=1S/C27H22Cl2N6O3/c1-3-21-23-25(32-22(33-27(23)37)11-15-6-4-8-18(10-15)38-2)35(34-21)24-19(28)12-16(13-20(24)29)26(36)31-17-7-5-9-30-14-17/h4-10,12-14,34H,3,11H2,1-2H3,(H,31,36). The summed E-state index contributed by atoms with van der Waals surface area (Å²) in [6, 6.07) is 13.9. The molecule has 1 amide bonds. The highest BCUT2D eigenvalue weighted by Gasteiger charge is 2.26. The lowest BCUT2D eigenvalue weighted by Crippen LogP contribution is -2.18. The maximum Gasteiger partial charge on any atom is 0.284 e. The van der Waals surface area contributed by atoms with Crippen molar-refractivity contribution in [1.82, 2.24) is 24.7 Å². The van der Waals surface area contributed by atoms with E-state index in [1.807, 2.05) is 31.2 Å². The maximum absolute atomic E-state index is 13.1. The molecule has 3 heterocycles. The average Bonchev–Trinajstić information content (AvgIpc) is 3.27. The number of rotatable bonds is 7. The molecule has 11 heteroatoms. The van der Waals surface area contributed by atoms with Crippen molar-refractivity contribution in [1.29, 1.82) is 0 Å². The molecule has 5 rings (SSSR count). The van der Waals surface area contributed by atoms with Crippen molar-refractivity contribution in [2.24, 2.45) is 0 Å². The summed E-state index contributed by atoms with van der Waals surface area (Å²) >= 11 is 13.3. The van der Waals surface area contributed by atoms with E-state index < -0.39 is 11.5 Å². The van der Waals surface area contributed by atoms with Gasteiger partial charge in [0.05, 0.1) is 29.0 Å². The molecule has 0 radical (unpaired) electrons. The van der Waals surface area contributed by atoms with E-state index in [1.165, 1.54) is 18.3 Å². The molecule has 0 aliphatic carbocycles. The van der Waals surface area contributed by atoms with Crippen LogP contribution in [0, 0.1) is 0 Å². The Kier molecular flexibility index (Phi) is 7.13. The topological polar surface area (TPSA) is 115 Å². The minimum Gasteiger partial charge on any atom is -0.497 e. The van der Waals surface area contributed by atoms with Gasteiger partial charge in [-0.25, -0.2) is 9.67 Å². The predicted octanol–water partition coefficient (Wildman–Crippen LogP) is 5.18. The molecule has 0 saturated carbocycles. The lowest BCUT2D eigenvalue weighted by Gasteiger charge is -2.13. The zero-order chi connectivity index (χ0) is 26.8. The van der Waals surface area contributed by atoms with Gasteiger partial charge in [-0.3, -0.25) is 19.7 Å². The summed E-state index contributed by atoms with van der Waals surface area (Å²) < 4.78 is 6.86. The molecule has 0 unspecified atom stereocenters. The van der Waals surface area contributed by atoms with E-state index in [2.05, 4.69) is 20.4 Å². The quantitative estimate of drug-likeness (QED) is 0.289. The summed E-state index contributed by atoms with van der Waals surface area (Å²) in [5, 5.41) is 6.35. The van der Waals surface area contributed by atoms with Crippen molar-refractivity contribution in [3.63, 3.8) is 0 Å². The van der Waals surface area contributed by atoms with Crippen molar-refractivity contribution in [2.75, 3.05) is 12.4 Å². The van der Waals surface area contributed by atoms with Crippen molar-refractivity contribution in [2.45, 2.75) is 19.8 Å². The Morgan fingerprint density at radius 2 is 1.89 bits per heavy atom. The molecule has 3 aromatic rings. The number of hydrogen-bond donors (Lipinski definition) is 2. The molecule has 9 nitrogen and oxygen atoms in total. The van der Waals surface area contributed by atoms with Crippen LogP contribution >= 0.6 is 23.2 Å². The molecule has 2 N–H and O–H groups in total. The summed E-state index contributed by atoms with van der Waals surface area (Å²) in [6.45, 7) is 1.91. The molecule has 2 aliphatic heterocycles. The van der Waals surface area contributed by atoms with E-state index in [0.29, 0.717) is 52.9 Å². The third kappa shape index (κ3) is 4.98. The van der Waals surface area contributed by atoms with Crippen LogP contribution in [-0.2, 0) is 12.8 Å². The number of pyridine rings is 1. The van der Waals surface area contributed by atoms with Crippen LogP contribution in [0.1, 0.15) is 34.4 Å². The van der Waals surface area contributed by atoms with Crippen molar-refractivity contribution in [3.05, 3.63) is 104 Å². The van der Waals surface area contributed by atoms with Crippen LogP contribution in [0.2, 0.25) is 10.0 Å². The number of H-pyrrole nitrogens is 1. The number of aryl methyl sites for hydroxylation is 1. The zero-order valence-electron chi connectivity index (χ0n) is 20.5. The Morgan fingerprint density at radius 3 is 2.58 bits per heavy atom. The second-order valence-corrected chi connectivity index (χ2v) is 9.25. The van der Waals surface area contributed by atoms with Crippen LogP contribution in [0.3, 0.4) is 0 Å². The third-order valence-electron chi connectivity index (χ3n) is 5.94. The van der Waals surface area contributed by atoms with E-state index in [0.717, 1.165) is 5.56 Å². The fourth-order valence-corrected chi connectivity index (χ4v) is 4.81. The molecule has 1 aromatic heterocycles. The maximum atomic E-state index is 13.1. The number of methoxy groups -OCH3 is 1. The molecule has 2 aromatic carbocycles. The van der Waals surface area contributed by atoms with Crippen LogP contribution in [0.15, 0.2) is 65.7 Å². The lowest BCUT2D eigenvalue weighted by atomic mass is 10.1. The molecule has 0 fully saturated rings. The molecule has 0 spiro atoms. The van der Waals surface area contributed by atoms with Gasteiger partial charge in [-0.1, -0.05) is 42.3 Å². The third-order valence-corrected chi connectivity index (χ3v) is 6.51. The zero-order valence-corrected chi connectivity index (χ0v) is 22.0. The van der Waals surface area contributed by atoms with Crippen LogP contribution < -0.4 is 15.6 Å². The number of amides is 1. The van der Waals surface area contributed by atoms with Gasteiger partial charge in [-0.15, -0.1) is 0 Å². The molecular weight excluding hydrogens is 527 g/mol.